The number of rotatable bonds is 6. The van der Waals surface area contributed by atoms with Crippen molar-refractivity contribution in [3.8, 4) is 5.75 Å². The second kappa shape index (κ2) is 8.99. The Balaban J connectivity index is 1.75. The van der Waals surface area contributed by atoms with Crippen LogP contribution in [0, 0.1) is 19.8 Å². The Kier molecular flexibility index (Phi) is 6.12. The number of aryl methyl sites for hydroxylation is 2. The Morgan fingerprint density at radius 3 is 2.69 bits per heavy atom. The van der Waals surface area contributed by atoms with Crippen molar-refractivity contribution in [2.45, 2.75) is 46.1 Å². The van der Waals surface area contributed by atoms with Gasteiger partial charge in [-0.25, -0.2) is 9.97 Å². The summed E-state index contributed by atoms with van der Waals surface area (Å²) < 4.78 is 5.69. The van der Waals surface area contributed by atoms with Gasteiger partial charge in [0, 0.05) is 23.1 Å². The van der Waals surface area contributed by atoms with Crippen LogP contribution in [0.1, 0.15) is 54.7 Å². The third-order valence-corrected chi connectivity index (χ3v) is 6.13. The van der Waals surface area contributed by atoms with Crippen LogP contribution < -0.4 is 10.1 Å². The van der Waals surface area contributed by atoms with Crippen LogP contribution in [0.25, 0.3) is 16.5 Å². The summed E-state index contributed by atoms with van der Waals surface area (Å²) in [5.74, 6) is 1.17. The Morgan fingerprint density at radius 2 is 2.03 bits per heavy atom. The van der Waals surface area contributed by atoms with E-state index in [9.17, 15) is 9.90 Å². The van der Waals surface area contributed by atoms with E-state index in [1.54, 1.807) is 7.11 Å². The molecule has 1 aromatic heterocycles. The second-order valence-electron chi connectivity index (χ2n) is 8.51. The molecule has 6 heteroatoms. The van der Waals surface area contributed by atoms with Crippen LogP contribution in [0.5, 0.6) is 5.75 Å². The summed E-state index contributed by atoms with van der Waals surface area (Å²) in [6.07, 6.45) is 3.89. The fourth-order valence-corrected chi connectivity index (χ4v) is 4.33. The monoisotopic (exact) mass is 431 g/mol. The minimum absolute atomic E-state index is 0.0724. The number of fused-ring (bicyclic) bond motifs is 1. The van der Waals surface area contributed by atoms with Crippen LogP contribution in [-0.2, 0) is 4.79 Å². The number of nitrogens with zero attached hydrogens (tertiary/aromatic N) is 2. The van der Waals surface area contributed by atoms with E-state index < -0.39 is 5.97 Å². The summed E-state index contributed by atoms with van der Waals surface area (Å²) in [5, 5.41) is 13.8. The van der Waals surface area contributed by atoms with Gasteiger partial charge in [-0.1, -0.05) is 35.9 Å². The molecule has 1 aliphatic carbocycles. The minimum Gasteiger partial charge on any atom is -0.496 e. The van der Waals surface area contributed by atoms with E-state index in [-0.39, 0.29) is 12.0 Å². The molecule has 0 saturated carbocycles. The van der Waals surface area contributed by atoms with Crippen LogP contribution in [0.2, 0.25) is 0 Å². The maximum Gasteiger partial charge on any atom is 0.306 e. The van der Waals surface area contributed by atoms with E-state index in [1.807, 2.05) is 19.1 Å². The van der Waals surface area contributed by atoms with Gasteiger partial charge in [0.25, 0.3) is 0 Å². The summed E-state index contributed by atoms with van der Waals surface area (Å²) in [4.78, 5) is 20.7. The fourth-order valence-electron chi connectivity index (χ4n) is 4.33. The van der Waals surface area contributed by atoms with Gasteiger partial charge in [0.15, 0.2) is 0 Å². The van der Waals surface area contributed by atoms with Crippen molar-refractivity contribution < 1.29 is 14.6 Å². The van der Waals surface area contributed by atoms with Gasteiger partial charge in [-0.2, -0.15) is 0 Å². The summed E-state index contributed by atoms with van der Waals surface area (Å²) >= 11 is 0. The van der Waals surface area contributed by atoms with Crippen LogP contribution in [0.4, 0.5) is 5.82 Å². The predicted molar refractivity (Wildman–Crippen MR) is 127 cm³/mol. The van der Waals surface area contributed by atoms with E-state index >= 15 is 0 Å². The highest BCUT2D eigenvalue weighted by atomic mass is 16.5. The van der Waals surface area contributed by atoms with Gasteiger partial charge in [0.1, 0.15) is 17.4 Å². The standard InChI is InChI=1S/C26H29N3O3/c1-15-6-5-7-20(12-15)16(2)27-25-22-13-21(18-8-10-19(11-9-18)26(30)31)24(32-4)14-23(22)28-17(3)29-25/h5-8,12-14,16,19H,9-11H2,1-4H3,(H,30,31)(H,27,28,29)/t16-,19+/m1/s1. The third kappa shape index (κ3) is 4.44. The van der Waals surface area contributed by atoms with Crippen molar-refractivity contribution in [2.24, 2.45) is 5.92 Å². The molecule has 32 heavy (non-hydrogen) atoms. The molecule has 0 amide bonds. The van der Waals surface area contributed by atoms with E-state index in [1.165, 1.54) is 11.1 Å². The average molecular weight is 432 g/mol. The Morgan fingerprint density at radius 1 is 1.22 bits per heavy atom. The van der Waals surface area contributed by atoms with Gasteiger partial charge in [0.05, 0.1) is 18.5 Å². The molecule has 0 fully saturated rings. The number of ether oxygens (including phenoxy) is 1. The van der Waals surface area contributed by atoms with E-state index in [0.29, 0.717) is 25.1 Å². The van der Waals surface area contributed by atoms with Gasteiger partial charge >= 0.3 is 5.97 Å². The number of nitrogens with one attached hydrogen (secondary N) is 1. The molecule has 4 rings (SSSR count). The van der Waals surface area contributed by atoms with Gasteiger partial charge < -0.3 is 15.2 Å². The molecule has 2 aromatic carbocycles. The first-order valence-electron chi connectivity index (χ1n) is 11.0. The highest BCUT2D eigenvalue weighted by Crippen LogP contribution is 2.38. The van der Waals surface area contributed by atoms with Crippen molar-refractivity contribution in [3.05, 3.63) is 65.0 Å². The quantitative estimate of drug-likeness (QED) is 0.521. The fraction of sp³-hybridized carbons (Fsp3) is 0.346. The highest BCUT2D eigenvalue weighted by Gasteiger charge is 2.23. The zero-order valence-electron chi connectivity index (χ0n) is 19.0. The molecule has 0 aliphatic heterocycles. The molecular formula is C26H29N3O3. The molecule has 0 radical (unpaired) electrons. The lowest BCUT2D eigenvalue weighted by atomic mass is 9.86. The van der Waals surface area contributed by atoms with E-state index in [2.05, 4.69) is 54.5 Å². The van der Waals surface area contributed by atoms with Crippen LogP contribution >= 0.6 is 0 Å². The van der Waals surface area contributed by atoms with Crippen molar-refractivity contribution in [1.29, 1.82) is 0 Å². The first kappa shape index (κ1) is 21.8. The van der Waals surface area contributed by atoms with Crippen LogP contribution in [-0.4, -0.2) is 28.2 Å². The zero-order chi connectivity index (χ0) is 22.8. The Bertz CT molecular complexity index is 1200. The molecule has 2 N–H and O–H groups in total. The zero-order valence-corrected chi connectivity index (χ0v) is 19.0. The summed E-state index contributed by atoms with van der Waals surface area (Å²) in [7, 11) is 1.65. The van der Waals surface area contributed by atoms with Crippen molar-refractivity contribution in [2.75, 3.05) is 12.4 Å². The third-order valence-electron chi connectivity index (χ3n) is 6.13. The number of carboxylic acids is 1. The van der Waals surface area contributed by atoms with Crippen molar-refractivity contribution in [1.82, 2.24) is 9.97 Å². The van der Waals surface area contributed by atoms with Gasteiger partial charge in [-0.15, -0.1) is 0 Å². The average Bonchev–Trinajstić information content (AvgIpc) is 2.78. The van der Waals surface area contributed by atoms with E-state index in [0.717, 1.165) is 33.6 Å². The predicted octanol–water partition coefficient (Wildman–Crippen LogP) is 5.70. The normalized spacial score (nSPS) is 17.0. The smallest absolute Gasteiger partial charge is 0.306 e. The topological polar surface area (TPSA) is 84.3 Å². The number of aliphatic carboxylic acids is 1. The molecule has 166 valence electrons. The van der Waals surface area contributed by atoms with Crippen LogP contribution in [0.3, 0.4) is 0 Å². The van der Waals surface area contributed by atoms with Gasteiger partial charge in [-0.3, -0.25) is 4.79 Å². The maximum atomic E-state index is 11.3. The number of allylic oxidation sites excluding steroid dienone is 2. The Labute approximate surface area is 188 Å². The minimum atomic E-state index is -0.730. The lowest BCUT2D eigenvalue weighted by Crippen LogP contribution is -2.16. The second-order valence-corrected chi connectivity index (χ2v) is 8.51. The summed E-state index contributed by atoms with van der Waals surface area (Å²) in [6, 6.07) is 12.5. The van der Waals surface area contributed by atoms with Crippen molar-refractivity contribution in [3.63, 3.8) is 0 Å². The van der Waals surface area contributed by atoms with Crippen molar-refractivity contribution >= 4 is 28.3 Å². The lowest BCUT2D eigenvalue weighted by Gasteiger charge is -2.22. The van der Waals surface area contributed by atoms with Gasteiger partial charge in [-0.05, 0) is 57.2 Å². The Hall–Kier alpha value is -3.41. The highest BCUT2D eigenvalue weighted by molar-refractivity contribution is 5.94. The molecule has 0 saturated heterocycles. The number of carbonyl (C=O) groups is 1. The number of methoxy groups -OCH3 is 1. The molecule has 3 aromatic rings. The summed E-state index contributed by atoms with van der Waals surface area (Å²) in [6.45, 7) is 6.10. The maximum absolute atomic E-state index is 11.3. The first-order valence-corrected chi connectivity index (χ1v) is 11.0. The first-order chi connectivity index (χ1) is 15.4. The van der Waals surface area contributed by atoms with Gasteiger partial charge in [0.2, 0.25) is 0 Å². The molecule has 0 unspecified atom stereocenters. The van der Waals surface area contributed by atoms with E-state index in [4.69, 9.17) is 9.72 Å². The largest absolute Gasteiger partial charge is 0.496 e. The molecule has 2 atom stereocenters. The molecule has 0 spiro atoms. The number of benzene rings is 2. The number of aromatic nitrogens is 2. The molecular weight excluding hydrogens is 402 g/mol. The number of hydrogen-bond donors (Lipinski definition) is 2. The van der Waals surface area contributed by atoms with Crippen LogP contribution in [0.15, 0.2) is 42.5 Å². The number of hydrogen-bond acceptors (Lipinski definition) is 5. The lowest BCUT2D eigenvalue weighted by molar-refractivity contribution is -0.141. The molecule has 1 heterocycles. The SMILES string of the molecule is COc1cc2nc(C)nc(N[C@H](C)c3cccc(C)c3)c2cc1C1=CC[C@H](C(=O)O)CC1. The molecule has 6 nitrogen and oxygen atoms in total. The molecule has 0 bridgehead atoms. The number of anilines is 1. The number of carboxylic acid groups (broad SMARTS) is 1. The molecule has 1 aliphatic rings. The summed E-state index contributed by atoms with van der Waals surface area (Å²) in [5.41, 5.74) is 5.31.